The first-order chi connectivity index (χ1) is 32.4. The Balaban J connectivity index is 0.000000311. The molecule has 0 radical (unpaired) electrons. The summed E-state index contributed by atoms with van der Waals surface area (Å²) < 4.78 is 0. The molecule has 2 N–H and O–H groups in total. The molecule has 7 nitrogen and oxygen atoms in total. The SMILES string of the molecule is Cc1ccc(-c2c3nc(c(-c4ccncc4)c4nc(c(-c5ccc(C)cc5)c5ccc([nH]5)c(-c5ccc(C)cc5)c5ccc2[nH]5)C=C4)C=C3)cc1.[Cl][Pt][Cl].c1cc(-c2ccncc2)ccn1. The van der Waals surface area contributed by atoms with E-state index in [2.05, 4.69) is 167 Å². The maximum absolute atomic E-state index is 5.36. The van der Waals surface area contributed by atoms with Crippen molar-refractivity contribution in [2.24, 2.45) is 0 Å². The summed E-state index contributed by atoms with van der Waals surface area (Å²) in [7, 11) is 9.75. The first-order valence-corrected chi connectivity index (χ1v) is 26.9. The molecular weight excluding hydrogens is 1040 g/mol. The largest absolute Gasteiger partial charge is 0.265 e. The number of nitrogens with zero attached hydrogens (tertiary/aromatic N) is 5. The fourth-order valence-electron chi connectivity index (χ4n) is 8.19. The van der Waals surface area contributed by atoms with E-state index in [4.69, 9.17) is 28.8 Å². The molecule has 8 bridgehead atoms. The van der Waals surface area contributed by atoms with Crippen LogP contribution < -0.4 is 0 Å². The minimum absolute atomic E-state index is 0.472. The number of nitrogens with one attached hydrogen (secondary N) is 2. The van der Waals surface area contributed by atoms with Crippen LogP contribution in [0.3, 0.4) is 0 Å². The van der Waals surface area contributed by atoms with Crippen molar-refractivity contribution in [1.82, 2.24) is 34.9 Å². The number of aromatic nitrogens is 7. The van der Waals surface area contributed by atoms with Gasteiger partial charge in [-0.1, -0.05) is 89.5 Å². The van der Waals surface area contributed by atoms with Crippen LogP contribution in [0.4, 0.5) is 0 Å². The van der Waals surface area contributed by atoms with Crippen molar-refractivity contribution in [2.75, 3.05) is 0 Å². The number of halogens is 2. The Labute approximate surface area is 400 Å². The van der Waals surface area contributed by atoms with Crippen LogP contribution in [0, 0.1) is 20.8 Å². The van der Waals surface area contributed by atoms with Gasteiger partial charge in [-0.25, -0.2) is 9.97 Å². The second-order valence-corrected chi connectivity index (χ2v) is 19.1. The Bertz CT molecular complexity index is 3170. The van der Waals surface area contributed by atoms with Gasteiger partial charge in [0.05, 0.1) is 22.8 Å². The molecule has 0 fully saturated rings. The zero-order valence-electron chi connectivity index (χ0n) is 36.3. The average Bonchev–Trinajstić information content (AvgIpc) is 4.21. The van der Waals surface area contributed by atoms with Crippen LogP contribution in [0.2, 0.25) is 0 Å². The molecule has 6 aromatic heterocycles. The fraction of sp³-hybridized carbons (Fsp3) is 0.0536. The summed E-state index contributed by atoms with van der Waals surface area (Å²) in [5.41, 5.74) is 21.9. The molecule has 0 spiro atoms. The Kier molecular flexibility index (Phi) is 13.7. The van der Waals surface area contributed by atoms with E-state index in [-0.39, 0.29) is 0 Å². The predicted molar refractivity (Wildman–Crippen MR) is 272 cm³/mol. The van der Waals surface area contributed by atoms with E-state index in [1.165, 1.54) is 27.8 Å². The van der Waals surface area contributed by atoms with E-state index >= 15 is 0 Å². The Morgan fingerprint density at radius 3 is 0.909 bits per heavy atom. The average molecular weight is 1080 g/mol. The van der Waals surface area contributed by atoms with E-state index in [0.29, 0.717) is 0 Å². The van der Waals surface area contributed by atoms with Crippen LogP contribution >= 0.6 is 18.8 Å². The third-order valence-electron chi connectivity index (χ3n) is 11.4. The molecular formula is C56H43Cl2N7Pt. The maximum atomic E-state index is 5.36. The molecule has 0 aliphatic carbocycles. The quantitative estimate of drug-likeness (QED) is 0.179. The van der Waals surface area contributed by atoms with E-state index in [9.17, 15) is 0 Å². The first-order valence-electron chi connectivity index (χ1n) is 21.3. The van der Waals surface area contributed by atoms with Crippen LogP contribution in [-0.4, -0.2) is 34.9 Å². The Morgan fingerprint density at radius 1 is 0.318 bits per heavy atom. The van der Waals surface area contributed by atoms with E-state index < -0.39 is 16.5 Å². The number of rotatable bonds is 5. The number of H-pyrrole nitrogens is 2. The number of fused-ring (bicyclic) bond motifs is 8. The third-order valence-corrected chi connectivity index (χ3v) is 11.4. The van der Waals surface area contributed by atoms with E-state index in [0.717, 1.165) is 89.4 Å². The summed E-state index contributed by atoms with van der Waals surface area (Å²) in [6.45, 7) is 6.36. The van der Waals surface area contributed by atoms with Crippen molar-refractivity contribution in [1.29, 1.82) is 0 Å². The molecule has 9 aromatic rings. The van der Waals surface area contributed by atoms with Gasteiger partial charge in [0, 0.05) is 81.5 Å². The molecule has 0 atom stereocenters. The molecule has 11 rings (SSSR count). The molecule has 8 heterocycles. The number of hydrogen-bond acceptors (Lipinski definition) is 5. The zero-order valence-corrected chi connectivity index (χ0v) is 40.1. The molecule has 0 unspecified atom stereocenters. The second-order valence-electron chi connectivity index (χ2n) is 15.9. The molecule has 3 aromatic carbocycles. The molecule has 0 saturated carbocycles. The normalized spacial score (nSPS) is 11.4. The van der Waals surface area contributed by atoms with Gasteiger partial charge in [0.25, 0.3) is 0 Å². The van der Waals surface area contributed by atoms with Crippen LogP contribution in [0.1, 0.15) is 39.5 Å². The van der Waals surface area contributed by atoms with Gasteiger partial charge in [0.15, 0.2) is 0 Å². The van der Waals surface area contributed by atoms with Crippen LogP contribution in [0.5, 0.6) is 0 Å². The van der Waals surface area contributed by atoms with E-state index in [1.807, 2.05) is 48.8 Å². The van der Waals surface area contributed by atoms with Crippen molar-refractivity contribution < 1.29 is 16.5 Å². The number of benzene rings is 3. The van der Waals surface area contributed by atoms with Crippen molar-refractivity contribution in [2.45, 2.75) is 20.8 Å². The number of pyridine rings is 3. The van der Waals surface area contributed by atoms with Crippen LogP contribution in [0.15, 0.2) is 171 Å². The van der Waals surface area contributed by atoms with Gasteiger partial charge < -0.3 is 9.97 Å². The smallest absolute Gasteiger partial charge is 0.0273 e. The van der Waals surface area contributed by atoms with Gasteiger partial charge in [-0.15, -0.1) is 0 Å². The minimum Gasteiger partial charge on any atom is -0.265 e. The third kappa shape index (κ3) is 9.80. The van der Waals surface area contributed by atoms with Crippen LogP contribution in [0.25, 0.3) is 102 Å². The molecule has 2 aliphatic rings. The zero-order chi connectivity index (χ0) is 45.4. The Morgan fingerprint density at radius 2 is 0.576 bits per heavy atom. The first kappa shape index (κ1) is 44.2. The van der Waals surface area contributed by atoms with Gasteiger partial charge in [0.1, 0.15) is 0 Å². The van der Waals surface area contributed by atoms with Gasteiger partial charge in [0.2, 0.25) is 0 Å². The van der Waals surface area contributed by atoms with E-state index in [1.54, 1.807) is 24.8 Å². The summed E-state index contributed by atoms with van der Waals surface area (Å²) in [5.74, 6) is 0. The predicted octanol–water partition coefficient (Wildman–Crippen LogP) is 15.2. The molecule has 66 heavy (non-hydrogen) atoms. The standard InChI is InChI=1S/C46H35N5.C10H8N2.2ClH.Pt/c1-28-4-10-31(11-5-28)43-35-16-18-37(48-35)44(32-12-6-29(2)7-13-32)39-20-22-41(50-39)46(34-24-26-47-27-25-34)42-23-21-40(51-42)45(38-19-17-36(43)49-38)33-14-8-30(3)9-15-33;1-5-11-6-2-9(1)10-3-7-12-8-4-10;;;/h4-27,48-49H,1-3H3;1-8H;2*1H;/q;;;;+2/p-2. The monoisotopic (exact) mass is 1080 g/mol. The summed E-state index contributed by atoms with van der Waals surface area (Å²) in [6, 6.07) is 46.8. The van der Waals surface area contributed by atoms with Gasteiger partial charge in [-0.2, -0.15) is 0 Å². The fourth-order valence-corrected chi connectivity index (χ4v) is 8.19. The van der Waals surface area contributed by atoms with Crippen molar-refractivity contribution >= 4 is 65.2 Å². The van der Waals surface area contributed by atoms with Gasteiger partial charge in [-0.3, -0.25) is 15.0 Å². The molecule has 2 aliphatic heterocycles. The van der Waals surface area contributed by atoms with Gasteiger partial charge >= 0.3 is 35.3 Å². The van der Waals surface area contributed by atoms with Crippen molar-refractivity contribution in [3.05, 3.63) is 210 Å². The summed E-state index contributed by atoms with van der Waals surface area (Å²) in [6.07, 6.45) is 19.3. The number of aromatic amines is 2. The number of hydrogen-bond donors (Lipinski definition) is 2. The number of aryl methyl sites for hydroxylation is 3. The molecule has 326 valence electrons. The van der Waals surface area contributed by atoms with Crippen LogP contribution in [-0.2, 0) is 16.5 Å². The Hall–Kier alpha value is -7.02. The second kappa shape index (κ2) is 20.4. The minimum atomic E-state index is -0.472. The van der Waals surface area contributed by atoms with Gasteiger partial charge in [-0.05, 0) is 139 Å². The summed E-state index contributed by atoms with van der Waals surface area (Å²) in [4.78, 5) is 30.6. The molecule has 0 saturated heterocycles. The summed E-state index contributed by atoms with van der Waals surface area (Å²) in [5, 5.41) is 0. The van der Waals surface area contributed by atoms with Crippen molar-refractivity contribution in [3.63, 3.8) is 0 Å². The van der Waals surface area contributed by atoms with Crippen molar-refractivity contribution in [3.8, 4) is 55.6 Å². The maximum Gasteiger partial charge on any atom is 0.0273 e. The summed E-state index contributed by atoms with van der Waals surface area (Å²) >= 11 is -0.472. The molecule has 0 amide bonds. The molecule has 10 heteroatoms. The topological polar surface area (TPSA) is 96.0 Å².